The van der Waals surface area contributed by atoms with E-state index >= 15 is 0 Å². The van der Waals surface area contributed by atoms with E-state index in [1.54, 1.807) is 0 Å². The first-order valence-corrected chi connectivity index (χ1v) is 5.23. The van der Waals surface area contributed by atoms with E-state index in [0.717, 1.165) is 6.04 Å². The summed E-state index contributed by atoms with van der Waals surface area (Å²) < 4.78 is 0. The van der Waals surface area contributed by atoms with Crippen molar-refractivity contribution in [3.63, 3.8) is 0 Å². The Hall–Kier alpha value is 0.250. The molecule has 1 N–H and O–H groups in total. The molecule has 1 nitrogen and oxygen atoms in total. The molecule has 0 amide bonds. The smallest absolute Gasteiger partial charge is 0.0876 e. The van der Waals surface area contributed by atoms with Crippen molar-refractivity contribution in [2.45, 2.75) is 52.0 Å². The van der Waals surface area contributed by atoms with Crippen molar-refractivity contribution in [3.8, 4) is 0 Å². The van der Waals surface area contributed by atoms with Crippen molar-refractivity contribution < 1.29 is 17.3 Å². The summed E-state index contributed by atoms with van der Waals surface area (Å²) in [5.74, 6) is 0. The lowest BCUT2D eigenvalue weighted by Gasteiger charge is -2.19. The minimum atomic E-state index is 0. The summed E-state index contributed by atoms with van der Waals surface area (Å²) in [6.07, 6.45) is 7.24. The molecule has 2 atom stereocenters. The Bertz CT molecular complexity index is 106. The van der Waals surface area contributed by atoms with Crippen molar-refractivity contribution in [3.05, 3.63) is 0 Å². The second-order valence-corrected chi connectivity index (χ2v) is 3.74. The minimum absolute atomic E-state index is 0. The molecule has 2 heteroatoms. The minimum Gasteiger partial charge on any atom is -1.00 e. The van der Waals surface area contributed by atoms with Crippen LogP contribution in [-0.4, -0.2) is 19.1 Å². The first-order valence-electron chi connectivity index (χ1n) is 5.23. The number of unbranched alkanes of at least 4 members (excludes halogenated alkanes) is 1. The number of likely N-dealkylation sites (tertiary alicyclic amines) is 1. The zero-order chi connectivity index (χ0) is 8.10. The zero-order valence-corrected chi connectivity index (χ0v) is 9.16. The summed E-state index contributed by atoms with van der Waals surface area (Å²) in [5, 5.41) is 0. The molecule has 1 fully saturated rings. The molecular weight excluding hydrogens is 170 g/mol. The fourth-order valence-electron chi connectivity index (χ4n) is 2.25. The molecule has 1 saturated heterocycles. The van der Waals surface area contributed by atoms with Gasteiger partial charge in [0, 0.05) is 12.8 Å². The monoisotopic (exact) mass is 191 g/mol. The highest BCUT2D eigenvalue weighted by Crippen LogP contribution is 2.07. The van der Waals surface area contributed by atoms with Gasteiger partial charge in [0.15, 0.2) is 0 Å². The van der Waals surface area contributed by atoms with Gasteiger partial charge in [-0.15, -0.1) is 0 Å². The first kappa shape index (κ1) is 12.2. The Morgan fingerprint density at radius 3 is 2.67 bits per heavy atom. The molecule has 1 aliphatic rings. The van der Waals surface area contributed by atoms with E-state index < -0.39 is 0 Å². The van der Waals surface area contributed by atoms with Crippen LogP contribution in [0.5, 0.6) is 0 Å². The van der Waals surface area contributed by atoms with Crippen molar-refractivity contribution in [1.29, 1.82) is 0 Å². The lowest BCUT2D eigenvalue weighted by Crippen LogP contribution is -3.13. The fourth-order valence-corrected chi connectivity index (χ4v) is 2.25. The highest BCUT2D eigenvalue weighted by molar-refractivity contribution is 4.61. The lowest BCUT2D eigenvalue weighted by atomic mass is 10.1. The standard InChI is InChI=1S/C10H21N.ClH/c1-3-5-7-10-8-6-9-11(10)4-2;/h10H,3-9H2,1-2H3;1H. The van der Waals surface area contributed by atoms with Gasteiger partial charge in [-0.2, -0.15) is 0 Å². The maximum atomic E-state index is 2.32. The molecule has 0 aliphatic carbocycles. The van der Waals surface area contributed by atoms with Gasteiger partial charge in [-0.1, -0.05) is 13.3 Å². The number of halogens is 1. The number of rotatable bonds is 4. The molecule has 0 spiro atoms. The molecule has 1 heterocycles. The summed E-state index contributed by atoms with van der Waals surface area (Å²) in [5.41, 5.74) is 0. The fraction of sp³-hybridized carbons (Fsp3) is 1.00. The largest absolute Gasteiger partial charge is 1.00 e. The normalized spacial score (nSPS) is 28.5. The van der Waals surface area contributed by atoms with Crippen molar-refractivity contribution in [1.82, 2.24) is 0 Å². The van der Waals surface area contributed by atoms with Crippen LogP contribution in [0.2, 0.25) is 0 Å². The Balaban J connectivity index is 0.00000121. The number of quaternary nitrogens is 1. The van der Waals surface area contributed by atoms with Crippen LogP contribution < -0.4 is 17.3 Å². The lowest BCUT2D eigenvalue weighted by molar-refractivity contribution is -0.910. The van der Waals surface area contributed by atoms with E-state index in [0.29, 0.717) is 0 Å². The molecule has 0 aromatic heterocycles. The molecule has 1 aliphatic heterocycles. The maximum absolute atomic E-state index is 2.32. The molecule has 0 bridgehead atoms. The summed E-state index contributed by atoms with van der Waals surface area (Å²) >= 11 is 0. The summed E-state index contributed by atoms with van der Waals surface area (Å²) in [7, 11) is 0. The topological polar surface area (TPSA) is 4.44 Å². The number of hydrogen-bond donors (Lipinski definition) is 1. The summed E-state index contributed by atoms with van der Waals surface area (Å²) in [4.78, 5) is 1.86. The Kier molecular flexibility index (Phi) is 6.87. The van der Waals surface area contributed by atoms with E-state index in [1.807, 2.05) is 4.90 Å². The van der Waals surface area contributed by atoms with Crippen molar-refractivity contribution in [2.75, 3.05) is 13.1 Å². The van der Waals surface area contributed by atoms with Gasteiger partial charge in [-0.3, -0.25) is 0 Å². The van der Waals surface area contributed by atoms with Gasteiger partial charge in [0.25, 0.3) is 0 Å². The van der Waals surface area contributed by atoms with Crippen LogP contribution >= 0.6 is 0 Å². The third kappa shape index (κ3) is 3.32. The van der Waals surface area contributed by atoms with Gasteiger partial charge in [-0.05, 0) is 19.8 Å². The van der Waals surface area contributed by atoms with Gasteiger partial charge in [-0.25, -0.2) is 0 Å². The first-order chi connectivity index (χ1) is 5.38. The van der Waals surface area contributed by atoms with Crippen LogP contribution in [0.1, 0.15) is 46.0 Å². The van der Waals surface area contributed by atoms with E-state index in [-0.39, 0.29) is 12.4 Å². The third-order valence-corrected chi connectivity index (χ3v) is 2.99. The number of nitrogens with one attached hydrogen (secondary N) is 1. The summed E-state index contributed by atoms with van der Waals surface area (Å²) in [6, 6.07) is 1.01. The van der Waals surface area contributed by atoms with Crippen molar-refractivity contribution >= 4 is 0 Å². The Morgan fingerprint density at radius 1 is 1.33 bits per heavy atom. The second-order valence-electron chi connectivity index (χ2n) is 3.74. The van der Waals surface area contributed by atoms with E-state index in [9.17, 15) is 0 Å². The molecule has 2 unspecified atom stereocenters. The van der Waals surface area contributed by atoms with E-state index in [1.165, 1.54) is 45.2 Å². The SMILES string of the molecule is CCCCC1CCC[NH+]1CC.[Cl-]. The predicted molar refractivity (Wildman–Crippen MR) is 48.9 cm³/mol. The van der Waals surface area contributed by atoms with Gasteiger partial charge < -0.3 is 17.3 Å². The van der Waals surface area contributed by atoms with Gasteiger partial charge in [0.2, 0.25) is 0 Å². The molecular formula is C10H22ClN. The molecule has 0 radical (unpaired) electrons. The van der Waals surface area contributed by atoms with Crippen LogP contribution in [0.3, 0.4) is 0 Å². The van der Waals surface area contributed by atoms with Crippen LogP contribution in [0.4, 0.5) is 0 Å². The van der Waals surface area contributed by atoms with Crippen LogP contribution in [-0.2, 0) is 0 Å². The van der Waals surface area contributed by atoms with Gasteiger partial charge in [0.1, 0.15) is 0 Å². The van der Waals surface area contributed by atoms with Gasteiger partial charge in [0.05, 0.1) is 19.1 Å². The summed E-state index contributed by atoms with van der Waals surface area (Å²) in [6.45, 7) is 7.39. The number of hydrogen-bond acceptors (Lipinski definition) is 0. The van der Waals surface area contributed by atoms with Gasteiger partial charge >= 0.3 is 0 Å². The average molecular weight is 192 g/mol. The second kappa shape index (κ2) is 6.73. The highest BCUT2D eigenvalue weighted by Gasteiger charge is 2.25. The highest BCUT2D eigenvalue weighted by atomic mass is 35.5. The third-order valence-electron chi connectivity index (χ3n) is 2.99. The van der Waals surface area contributed by atoms with Crippen LogP contribution in [0.15, 0.2) is 0 Å². The van der Waals surface area contributed by atoms with E-state index in [2.05, 4.69) is 13.8 Å². The Morgan fingerprint density at radius 2 is 2.08 bits per heavy atom. The molecule has 74 valence electrons. The Labute approximate surface area is 82.9 Å². The predicted octanol–water partition coefficient (Wildman–Crippen LogP) is -1.75. The molecule has 12 heavy (non-hydrogen) atoms. The maximum Gasteiger partial charge on any atom is 0.0876 e. The molecule has 0 saturated carbocycles. The van der Waals surface area contributed by atoms with Crippen molar-refractivity contribution in [2.24, 2.45) is 0 Å². The van der Waals surface area contributed by atoms with E-state index in [4.69, 9.17) is 0 Å². The molecule has 1 rings (SSSR count). The quantitative estimate of drug-likeness (QED) is 0.538. The average Bonchev–Trinajstić information content (AvgIpc) is 2.47. The van der Waals surface area contributed by atoms with Crippen LogP contribution in [0, 0.1) is 0 Å². The van der Waals surface area contributed by atoms with Crippen LogP contribution in [0.25, 0.3) is 0 Å². The molecule has 0 aromatic carbocycles. The zero-order valence-electron chi connectivity index (χ0n) is 8.41. The molecule has 0 aromatic rings.